The second kappa shape index (κ2) is 7.25. The summed E-state index contributed by atoms with van der Waals surface area (Å²) in [5, 5.41) is 3.55. The lowest BCUT2D eigenvalue weighted by Crippen LogP contribution is -2.25. The molecule has 0 fully saturated rings. The molecule has 1 heterocycles. The maximum absolute atomic E-state index is 4.11. The topological polar surface area (TPSA) is 29.9 Å². The first-order valence-electron chi connectivity index (χ1n) is 7.47. The summed E-state index contributed by atoms with van der Waals surface area (Å²) in [6, 6.07) is 9.35. The molecule has 1 unspecified atom stereocenters. The Labute approximate surface area is 122 Å². The van der Waals surface area contributed by atoms with Gasteiger partial charge in [-0.1, -0.05) is 45.0 Å². The van der Waals surface area contributed by atoms with Gasteiger partial charge < -0.3 is 9.88 Å². The fourth-order valence-electron chi connectivity index (χ4n) is 2.50. The van der Waals surface area contributed by atoms with E-state index in [0.29, 0.717) is 12.0 Å². The van der Waals surface area contributed by atoms with Gasteiger partial charge in [0.25, 0.3) is 0 Å². The smallest absolute Gasteiger partial charge is 0.0946 e. The van der Waals surface area contributed by atoms with E-state index in [2.05, 4.69) is 59.9 Å². The van der Waals surface area contributed by atoms with Crippen LogP contribution in [-0.2, 0) is 13.0 Å². The van der Waals surface area contributed by atoms with Gasteiger partial charge in [-0.2, -0.15) is 0 Å². The minimum Gasteiger partial charge on any atom is -0.336 e. The van der Waals surface area contributed by atoms with E-state index in [-0.39, 0.29) is 0 Å². The third-order valence-corrected chi connectivity index (χ3v) is 3.43. The van der Waals surface area contributed by atoms with Crippen molar-refractivity contribution in [2.24, 2.45) is 5.92 Å². The molecular formula is C17H25N3. The van der Waals surface area contributed by atoms with E-state index in [1.54, 1.807) is 0 Å². The molecule has 20 heavy (non-hydrogen) atoms. The highest BCUT2D eigenvalue weighted by Gasteiger charge is 2.11. The van der Waals surface area contributed by atoms with Crippen LogP contribution in [0.15, 0.2) is 43.0 Å². The van der Waals surface area contributed by atoms with Crippen molar-refractivity contribution in [3.63, 3.8) is 0 Å². The Morgan fingerprint density at radius 3 is 2.50 bits per heavy atom. The first-order chi connectivity index (χ1) is 9.69. The summed E-state index contributed by atoms with van der Waals surface area (Å²) in [5.41, 5.74) is 2.76. The normalized spacial score (nSPS) is 12.8. The van der Waals surface area contributed by atoms with E-state index in [4.69, 9.17) is 0 Å². The number of imidazole rings is 1. The SMILES string of the molecule is CCNC(Cn1ccnc1)c1ccc(CC(C)C)cc1. The number of benzene rings is 1. The third-order valence-electron chi connectivity index (χ3n) is 3.43. The van der Waals surface area contributed by atoms with Crippen LogP contribution in [0.3, 0.4) is 0 Å². The number of nitrogens with one attached hydrogen (secondary N) is 1. The van der Waals surface area contributed by atoms with Crippen LogP contribution in [0.2, 0.25) is 0 Å². The molecule has 3 nitrogen and oxygen atoms in total. The van der Waals surface area contributed by atoms with Crippen LogP contribution in [0.5, 0.6) is 0 Å². The zero-order valence-electron chi connectivity index (χ0n) is 12.7. The summed E-state index contributed by atoms with van der Waals surface area (Å²) in [5.74, 6) is 0.705. The standard InChI is InChI=1S/C17H25N3/c1-4-19-17(12-20-10-9-18-13-20)16-7-5-15(6-8-16)11-14(2)3/h5-10,13-14,17,19H,4,11-12H2,1-3H3. The van der Waals surface area contributed by atoms with Crippen LogP contribution < -0.4 is 5.32 Å². The molecule has 2 aromatic rings. The van der Waals surface area contributed by atoms with Gasteiger partial charge in [0, 0.05) is 18.9 Å². The lowest BCUT2D eigenvalue weighted by Gasteiger charge is -2.19. The fraction of sp³-hybridized carbons (Fsp3) is 0.471. The van der Waals surface area contributed by atoms with Gasteiger partial charge in [0.2, 0.25) is 0 Å². The van der Waals surface area contributed by atoms with Gasteiger partial charge in [-0.3, -0.25) is 0 Å². The van der Waals surface area contributed by atoms with Gasteiger partial charge in [-0.25, -0.2) is 4.98 Å². The monoisotopic (exact) mass is 271 g/mol. The Hall–Kier alpha value is -1.61. The number of likely N-dealkylation sites (N-methyl/N-ethyl adjacent to an activating group) is 1. The van der Waals surface area contributed by atoms with E-state index < -0.39 is 0 Å². The van der Waals surface area contributed by atoms with Gasteiger partial charge >= 0.3 is 0 Å². The highest BCUT2D eigenvalue weighted by atomic mass is 15.1. The lowest BCUT2D eigenvalue weighted by atomic mass is 9.99. The quantitative estimate of drug-likeness (QED) is 0.836. The Morgan fingerprint density at radius 1 is 1.20 bits per heavy atom. The average Bonchev–Trinajstić information content (AvgIpc) is 2.91. The molecule has 2 rings (SSSR count). The zero-order chi connectivity index (χ0) is 14.4. The van der Waals surface area contributed by atoms with Gasteiger partial charge in [0.15, 0.2) is 0 Å². The molecule has 0 saturated carbocycles. The summed E-state index contributed by atoms with van der Waals surface area (Å²) in [6.07, 6.45) is 6.86. The summed E-state index contributed by atoms with van der Waals surface area (Å²) in [4.78, 5) is 4.11. The number of rotatable bonds is 7. The van der Waals surface area contributed by atoms with E-state index in [0.717, 1.165) is 19.5 Å². The molecule has 1 aromatic carbocycles. The average molecular weight is 271 g/mol. The second-order valence-electron chi connectivity index (χ2n) is 5.71. The minimum absolute atomic E-state index is 0.335. The molecule has 0 amide bonds. The predicted molar refractivity (Wildman–Crippen MR) is 83.6 cm³/mol. The molecule has 0 aliphatic heterocycles. The molecular weight excluding hydrogens is 246 g/mol. The summed E-state index contributed by atoms with van der Waals surface area (Å²) >= 11 is 0. The van der Waals surface area contributed by atoms with Crippen LogP contribution in [0.25, 0.3) is 0 Å². The van der Waals surface area contributed by atoms with Crippen LogP contribution in [0.4, 0.5) is 0 Å². The van der Waals surface area contributed by atoms with Gasteiger partial charge in [0.1, 0.15) is 0 Å². The maximum atomic E-state index is 4.11. The molecule has 0 saturated heterocycles. The summed E-state index contributed by atoms with van der Waals surface area (Å²) < 4.78 is 2.12. The van der Waals surface area contributed by atoms with Gasteiger partial charge in [-0.15, -0.1) is 0 Å². The Kier molecular flexibility index (Phi) is 5.36. The molecule has 0 radical (unpaired) electrons. The summed E-state index contributed by atoms with van der Waals surface area (Å²) in [7, 11) is 0. The molecule has 1 atom stereocenters. The largest absolute Gasteiger partial charge is 0.336 e. The molecule has 108 valence electrons. The molecule has 0 aliphatic rings. The van der Waals surface area contributed by atoms with E-state index in [1.165, 1.54) is 11.1 Å². The number of nitrogens with zero attached hydrogens (tertiary/aromatic N) is 2. The van der Waals surface area contributed by atoms with Crippen molar-refractivity contribution in [2.75, 3.05) is 6.54 Å². The Balaban J connectivity index is 2.08. The highest BCUT2D eigenvalue weighted by Crippen LogP contribution is 2.17. The van der Waals surface area contributed by atoms with Crippen molar-refractivity contribution in [1.82, 2.24) is 14.9 Å². The molecule has 3 heteroatoms. The van der Waals surface area contributed by atoms with E-state index >= 15 is 0 Å². The van der Waals surface area contributed by atoms with Gasteiger partial charge in [0.05, 0.1) is 12.4 Å². The number of hydrogen-bond donors (Lipinski definition) is 1. The Morgan fingerprint density at radius 2 is 1.95 bits per heavy atom. The molecule has 1 aromatic heterocycles. The maximum Gasteiger partial charge on any atom is 0.0946 e. The number of hydrogen-bond acceptors (Lipinski definition) is 2. The van der Waals surface area contributed by atoms with Crippen molar-refractivity contribution in [2.45, 2.75) is 39.8 Å². The lowest BCUT2D eigenvalue weighted by molar-refractivity contribution is 0.474. The zero-order valence-corrected chi connectivity index (χ0v) is 12.7. The summed E-state index contributed by atoms with van der Waals surface area (Å²) in [6.45, 7) is 8.54. The van der Waals surface area contributed by atoms with Gasteiger partial charge in [-0.05, 0) is 30.0 Å². The predicted octanol–water partition coefficient (Wildman–Crippen LogP) is 3.43. The van der Waals surface area contributed by atoms with Crippen LogP contribution >= 0.6 is 0 Å². The van der Waals surface area contributed by atoms with Crippen molar-refractivity contribution in [1.29, 1.82) is 0 Å². The van der Waals surface area contributed by atoms with Crippen molar-refractivity contribution >= 4 is 0 Å². The minimum atomic E-state index is 0.335. The van der Waals surface area contributed by atoms with Crippen LogP contribution in [0.1, 0.15) is 37.9 Å². The fourth-order valence-corrected chi connectivity index (χ4v) is 2.50. The Bertz CT molecular complexity index is 485. The van der Waals surface area contributed by atoms with Crippen LogP contribution in [0, 0.1) is 5.92 Å². The molecule has 0 bridgehead atoms. The number of aromatic nitrogens is 2. The van der Waals surface area contributed by atoms with Crippen molar-refractivity contribution in [3.8, 4) is 0 Å². The third kappa shape index (κ3) is 4.20. The van der Waals surface area contributed by atoms with E-state index in [9.17, 15) is 0 Å². The first kappa shape index (κ1) is 14.8. The first-order valence-corrected chi connectivity index (χ1v) is 7.47. The highest BCUT2D eigenvalue weighted by molar-refractivity contribution is 5.25. The molecule has 1 N–H and O–H groups in total. The molecule has 0 spiro atoms. The molecule has 0 aliphatic carbocycles. The van der Waals surface area contributed by atoms with E-state index in [1.807, 2.05) is 18.7 Å². The second-order valence-corrected chi connectivity index (χ2v) is 5.71. The van der Waals surface area contributed by atoms with Crippen molar-refractivity contribution < 1.29 is 0 Å². The van der Waals surface area contributed by atoms with Crippen molar-refractivity contribution in [3.05, 3.63) is 54.1 Å². The van der Waals surface area contributed by atoms with Crippen LogP contribution in [-0.4, -0.2) is 16.1 Å².